The van der Waals surface area contributed by atoms with Gasteiger partial charge in [-0.05, 0) is 22.0 Å². The van der Waals surface area contributed by atoms with Crippen LogP contribution in [0.4, 0.5) is 0 Å². The molecule has 70 valence electrons. The van der Waals surface area contributed by atoms with E-state index in [0.717, 1.165) is 5.01 Å². The van der Waals surface area contributed by atoms with Crippen molar-refractivity contribution in [3.8, 4) is 0 Å². The zero-order valence-corrected chi connectivity index (χ0v) is 9.13. The summed E-state index contributed by atoms with van der Waals surface area (Å²) < 4.78 is 0.683. The second-order valence-corrected chi connectivity index (χ2v) is 3.68. The van der Waals surface area contributed by atoms with Crippen LogP contribution in [0.3, 0.4) is 0 Å². The molecule has 13 heavy (non-hydrogen) atoms. The number of amides is 1. The van der Waals surface area contributed by atoms with Gasteiger partial charge in [0.15, 0.2) is 0 Å². The first-order chi connectivity index (χ1) is 6.02. The summed E-state index contributed by atoms with van der Waals surface area (Å²) in [6, 6.07) is 1.57. The fourth-order valence-corrected chi connectivity index (χ4v) is 1.28. The van der Waals surface area contributed by atoms with Crippen LogP contribution in [0.25, 0.3) is 0 Å². The average molecular weight is 265 g/mol. The van der Waals surface area contributed by atoms with Crippen molar-refractivity contribution in [2.24, 2.45) is 5.84 Å². The summed E-state index contributed by atoms with van der Waals surface area (Å²) in [6.07, 6.45) is 1.51. The first-order valence-electron chi connectivity index (χ1n) is 3.36. The highest BCUT2D eigenvalue weighted by molar-refractivity contribution is 9.10. The number of hydrogen-bond acceptors (Lipinski definition) is 3. The van der Waals surface area contributed by atoms with Gasteiger partial charge < -0.3 is 0 Å². The molecule has 6 heteroatoms. The third kappa shape index (κ3) is 2.40. The summed E-state index contributed by atoms with van der Waals surface area (Å²) in [7, 11) is 1.44. The zero-order valence-electron chi connectivity index (χ0n) is 6.79. The molecule has 0 radical (unpaired) electrons. The lowest BCUT2D eigenvalue weighted by Gasteiger charge is -2.10. The van der Waals surface area contributed by atoms with E-state index in [9.17, 15) is 4.79 Å². The minimum atomic E-state index is -0.376. The fourth-order valence-electron chi connectivity index (χ4n) is 0.763. The number of nitrogens with zero attached hydrogens (tertiary/aromatic N) is 2. The third-order valence-corrected chi connectivity index (χ3v) is 2.09. The number of rotatable bonds is 1. The predicted octanol–water partition coefficient (Wildman–Crippen LogP) is 1.44. The maximum atomic E-state index is 11.4. The molecule has 1 heterocycles. The van der Waals surface area contributed by atoms with Crippen LogP contribution in [0, 0.1) is 0 Å². The first kappa shape index (κ1) is 10.4. The second-order valence-electron chi connectivity index (χ2n) is 2.41. The molecule has 1 amide bonds. The van der Waals surface area contributed by atoms with E-state index in [2.05, 4.69) is 20.9 Å². The Kier molecular flexibility index (Phi) is 3.24. The summed E-state index contributed by atoms with van der Waals surface area (Å²) in [5.41, 5.74) is 0.279. The van der Waals surface area contributed by atoms with Gasteiger partial charge in [-0.25, -0.2) is 10.8 Å². The summed E-state index contributed by atoms with van der Waals surface area (Å²) in [5, 5.41) is 1.10. The lowest BCUT2D eigenvalue weighted by molar-refractivity contribution is 0.0795. The van der Waals surface area contributed by atoms with E-state index < -0.39 is 0 Å². The molecule has 0 unspecified atom stereocenters. The van der Waals surface area contributed by atoms with Crippen molar-refractivity contribution >= 4 is 33.4 Å². The van der Waals surface area contributed by atoms with Gasteiger partial charge in [0, 0.05) is 17.7 Å². The number of pyridine rings is 1. The molecule has 0 atom stereocenters. The van der Waals surface area contributed by atoms with E-state index in [1.165, 1.54) is 13.2 Å². The molecule has 0 saturated carbocycles. The molecule has 0 aromatic carbocycles. The molecule has 4 nitrogen and oxygen atoms in total. The molecule has 0 aliphatic heterocycles. The molecule has 0 spiro atoms. The van der Waals surface area contributed by atoms with E-state index >= 15 is 0 Å². The van der Waals surface area contributed by atoms with Crippen LogP contribution in [0.5, 0.6) is 0 Å². The van der Waals surface area contributed by atoms with Gasteiger partial charge in [0.25, 0.3) is 5.91 Å². The number of hydrazine groups is 1. The van der Waals surface area contributed by atoms with E-state index in [-0.39, 0.29) is 16.6 Å². The van der Waals surface area contributed by atoms with Crippen LogP contribution in [-0.4, -0.2) is 22.9 Å². The maximum absolute atomic E-state index is 11.4. The zero-order chi connectivity index (χ0) is 10.0. The van der Waals surface area contributed by atoms with Crippen LogP contribution < -0.4 is 5.84 Å². The lowest BCUT2D eigenvalue weighted by atomic mass is 10.3. The van der Waals surface area contributed by atoms with Gasteiger partial charge in [0.2, 0.25) is 0 Å². The highest BCUT2D eigenvalue weighted by Gasteiger charge is 2.13. The molecule has 0 aliphatic rings. The van der Waals surface area contributed by atoms with Crippen LogP contribution >= 0.6 is 27.5 Å². The Hall–Kier alpha value is -0.650. The summed E-state index contributed by atoms with van der Waals surface area (Å²) in [4.78, 5) is 15.2. The second kappa shape index (κ2) is 4.04. The minimum Gasteiger partial charge on any atom is -0.280 e. The topological polar surface area (TPSA) is 59.2 Å². The van der Waals surface area contributed by atoms with Gasteiger partial charge in [0.1, 0.15) is 5.15 Å². The number of nitrogens with two attached hydrogens (primary N) is 1. The van der Waals surface area contributed by atoms with Gasteiger partial charge in [0.05, 0.1) is 5.56 Å². The standard InChI is InChI=1S/C7H7BrClN3O/c1-12(10)7(13)5-2-4(8)3-11-6(5)9/h2-3H,10H2,1H3. The summed E-state index contributed by atoms with van der Waals surface area (Å²) in [5.74, 6) is 4.89. The molecule has 1 aromatic rings. The van der Waals surface area contributed by atoms with Crippen molar-refractivity contribution in [1.29, 1.82) is 0 Å². The molecule has 0 saturated heterocycles. The van der Waals surface area contributed by atoms with E-state index in [1.807, 2.05) is 0 Å². The van der Waals surface area contributed by atoms with Gasteiger partial charge in [-0.3, -0.25) is 9.80 Å². The molecule has 0 bridgehead atoms. The highest BCUT2D eigenvalue weighted by Crippen LogP contribution is 2.18. The number of carbonyl (C=O) groups excluding carboxylic acids is 1. The quantitative estimate of drug-likeness (QED) is 0.361. The van der Waals surface area contributed by atoms with Gasteiger partial charge in [-0.15, -0.1) is 0 Å². The van der Waals surface area contributed by atoms with Crippen LogP contribution in [0.2, 0.25) is 5.15 Å². The molecule has 2 N–H and O–H groups in total. The van der Waals surface area contributed by atoms with Crippen molar-refractivity contribution in [3.63, 3.8) is 0 Å². The third-order valence-electron chi connectivity index (χ3n) is 1.36. The average Bonchev–Trinajstić information content (AvgIpc) is 2.08. The number of halogens is 2. The monoisotopic (exact) mass is 263 g/mol. The maximum Gasteiger partial charge on any atom is 0.270 e. The van der Waals surface area contributed by atoms with Gasteiger partial charge in [-0.1, -0.05) is 11.6 Å². The van der Waals surface area contributed by atoms with E-state index in [1.54, 1.807) is 6.07 Å². The Bertz CT molecular complexity index is 343. The van der Waals surface area contributed by atoms with Crippen LogP contribution in [-0.2, 0) is 0 Å². The minimum absolute atomic E-state index is 0.144. The largest absolute Gasteiger partial charge is 0.280 e. The highest BCUT2D eigenvalue weighted by atomic mass is 79.9. The van der Waals surface area contributed by atoms with Crippen LogP contribution in [0.1, 0.15) is 10.4 Å². The molecular weight excluding hydrogens is 257 g/mol. The van der Waals surface area contributed by atoms with Gasteiger partial charge in [-0.2, -0.15) is 0 Å². The Morgan fingerprint density at radius 1 is 1.77 bits per heavy atom. The molecule has 0 fully saturated rings. The Morgan fingerprint density at radius 2 is 2.38 bits per heavy atom. The van der Waals surface area contributed by atoms with Crippen LogP contribution in [0.15, 0.2) is 16.7 Å². The van der Waals surface area contributed by atoms with Crippen molar-refractivity contribution < 1.29 is 4.79 Å². The summed E-state index contributed by atoms with van der Waals surface area (Å²) >= 11 is 8.88. The molecule has 1 rings (SSSR count). The van der Waals surface area contributed by atoms with Crippen molar-refractivity contribution in [3.05, 3.63) is 27.5 Å². The Morgan fingerprint density at radius 3 is 2.92 bits per heavy atom. The molecule has 0 aliphatic carbocycles. The molecule has 1 aromatic heterocycles. The smallest absolute Gasteiger partial charge is 0.270 e. The van der Waals surface area contributed by atoms with Crippen molar-refractivity contribution in [2.45, 2.75) is 0 Å². The Balaban J connectivity index is 3.13. The lowest BCUT2D eigenvalue weighted by Crippen LogP contribution is -2.33. The van der Waals surface area contributed by atoms with E-state index in [0.29, 0.717) is 4.47 Å². The SMILES string of the molecule is CN(N)C(=O)c1cc(Br)cnc1Cl. The normalized spacial score (nSPS) is 9.85. The first-order valence-corrected chi connectivity index (χ1v) is 4.53. The number of hydrogen-bond donors (Lipinski definition) is 1. The summed E-state index contributed by atoms with van der Waals surface area (Å²) in [6.45, 7) is 0. The fraction of sp³-hybridized carbons (Fsp3) is 0.143. The van der Waals surface area contributed by atoms with Gasteiger partial charge >= 0.3 is 0 Å². The number of carbonyl (C=O) groups is 1. The molecular formula is C7H7BrClN3O. The van der Waals surface area contributed by atoms with Crippen molar-refractivity contribution in [2.75, 3.05) is 7.05 Å². The van der Waals surface area contributed by atoms with Crippen molar-refractivity contribution in [1.82, 2.24) is 9.99 Å². The van der Waals surface area contributed by atoms with E-state index in [4.69, 9.17) is 17.4 Å². The number of aromatic nitrogens is 1. The predicted molar refractivity (Wildman–Crippen MR) is 53.2 cm³/mol. The Labute approximate surface area is 88.8 Å².